The van der Waals surface area contributed by atoms with Crippen molar-refractivity contribution >= 4 is 55.0 Å². The maximum atomic E-state index is 16.3. The molecule has 0 aliphatic carbocycles. The smallest absolute Gasteiger partial charge is 0.319 e. The number of rotatable bonds is 6. The van der Waals surface area contributed by atoms with Gasteiger partial charge in [-0.1, -0.05) is 35.1 Å². The third kappa shape index (κ3) is 4.71. The Kier molecular flexibility index (Phi) is 6.63. The van der Waals surface area contributed by atoms with Gasteiger partial charge in [-0.15, -0.1) is 0 Å². The third-order valence-corrected chi connectivity index (χ3v) is 7.04. The molecule has 184 valence electrons. The summed E-state index contributed by atoms with van der Waals surface area (Å²) in [5.74, 6) is 0.0856. The van der Waals surface area contributed by atoms with E-state index in [1.165, 1.54) is 11.3 Å². The zero-order chi connectivity index (χ0) is 24.7. The number of nitrogens with one attached hydrogen (secondary N) is 1. The minimum absolute atomic E-state index is 0.142. The van der Waals surface area contributed by atoms with Crippen LogP contribution in [0.2, 0.25) is 5.02 Å². The van der Waals surface area contributed by atoms with Gasteiger partial charge in [0.25, 0.3) is 0 Å². The fourth-order valence-corrected chi connectivity index (χ4v) is 5.53. The van der Waals surface area contributed by atoms with Gasteiger partial charge in [-0.05, 0) is 33.2 Å². The van der Waals surface area contributed by atoms with Gasteiger partial charge in [0.2, 0.25) is 0 Å². The highest BCUT2D eigenvalue weighted by atomic mass is 35.5. The van der Waals surface area contributed by atoms with Crippen LogP contribution in [0.25, 0.3) is 32.2 Å². The quantitative estimate of drug-likeness (QED) is 0.398. The summed E-state index contributed by atoms with van der Waals surface area (Å²) in [5, 5.41) is 4.57. The number of nitrogen functional groups attached to an aromatic ring is 1. The van der Waals surface area contributed by atoms with Crippen LogP contribution < -0.4 is 20.7 Å². The Bertz CT molecular complexity index is 1390. The minimum Gasteiger partial charge on any atom is -0.459 e. The van der Waals surface area contributed by atoms with E-state index in [0.717, 1.165) is 30.9 Å². The molecule has 1 aliphatic heterocycles. The number of thiazole rings is 1. The SMILES string of the molecule is CC(CN(C)C)Oc1nc(N2CCNCC2)c2cc(Cl)c(-c3cccc4sc(N)nc34)c(F)c2n1. The molecule has 5 rings (SSSR count). The van der Waals surface area contributed by atoms with Crippen LogP contribution >= 0.6 is 22.9 Å². The van der Waals surface area contributed by atoms with Crippen LogP contribution in [0.3, 0.4) is 0 Å². The van der Waals surface area contributed by atoms with Gasteiger partial charge in [0, 0.05) is 49.2 Å². The number of ether oxygens (including phenoxy) is 1. The molecule has 1 fully saturated rings. The van der Waals surface area contributed by atoms with Crippen molar-refractivity contribution in [2.45, 2.75) is 13.0 Å². The number of halogens is 2. The van der Waals surface area contributed by atoms with Crippen molar-refractivity contribution in [1.82, 2.24) is 25.2 Å². The molecule has 0 saturated carbocycles. The summed E-state index contributed by atoms with van der Waals surface area (Å²) in [6.07, 6.45) is -0.181. The Morgan fingerprint density at radius 1 is 1.23 bits per heavy atom. The fourth-order valence-electron chi connectivity index (χ4n) is 4.48. The van der Waals surface area contributed by atoms with Gasteiger partial charge in [-0.25, -0.2) is 9.37 Å². The Balaban J connectivity index is 1.71. The van der Waals surface area contributed by atoms with E-state index >= 15 is 4.39 Å². The molecule has 2 aromatic heterocycles. The molecule has 3 N–H and O–H groups in total. The zero-order valence-electron chi connectivity index (χ0n) is 19.8. The van der Waals surface area contributed by atoms with Crippen LogP contribution in [0.5, 0.6) is 6.01 Å². The van der Waals surface area contributed by atoms with E-state index in [1.54, 1.807) is 12.1 Å². The number of benzene rings is 2. The second-order valence-electron chi connectivity index (χ2n) is 8.91. The zero-order valence-corrected chi connectivity index (χ0v) is 21.4. The molecule has 11 heteroatoms. The van der Waals surface area contributed by atoms with Crippen molar-refractivity contribution < 1.29 is 9.13 Å². The molecule has 1 saturated heterocycles. The van der Waals surface area contributed by atoms with Crippen LogP contribution in [0.15, 0.2) is 24.3 Å². The maximum absolute atomic E-state index is 16.3. The van der Waals surface area contributed by atoms with Gasteiger partial charge in [0.05, 0.1) is 15.2 Å². The molecule has 8 nitrogen and oxygen atoms in total. The van der Waals surface area contributed by atoms with E-state index in [-0.39, 0.29) is 28.2 Å². The van der Waals surface area contributed by atoms with E-state index in [9.17, 15) is 0 Å². The van der Waals surface area contributed by atoms with Crippen LogP contribution in [0, 0.1) is 5.82 Å². The molecule has 1 unspecified atom stereocenters. The molecule has 2 aromatic carbocycles. The Morgan fingerprint density at radius 2 is 2.00 bits per heavy atom. The predicted octanol–water partition coefficient (Wildman–Crippen LogP) is 4.02. The fraction of sp³-hybridized carbons (Fsp3) is 0.375. The maximum Gasteiger partial charge on any atom is 0.319 e. The van der Waals surface area contributed by atoms with Gasteiger partial charge >= 0.3 is 6.01 Å². The second kappa shape index (κ2) is 9.69. The average Bonchev–Trinajstić information content (AvgIpc) is 3.20. The molecule has 1 atom stereocenters. The lowest BCUT2D eigenvalue weighted by Gasteiger charge is -2.30. The Hall–Kier alpha value is -2.79. The number of nitrogens with two attached hydrogens (primary N) is 1. The average molecular weight is 516 g/mol. The number of hydrogen-bond acceptors (Lipinski definition) is 9. The first-order chi connectivity index (χ1) is 16.8. The number of para-hydroxylation sites is 1. The molecule has 35 heavy (non-hydrogen) atoms. The van der Waals surface area contributed by atoms with E-state index < -0.39 is 5.82 Å². The Morgan fingerprint density at radius 3 is 2.74 bits per heavy atom. The summed E-state index contributed by atoms with van der Waals surface area (Å²) >= 11 is 8.07. The Labute approximate surface area is 211 Å². The number of likely N-dealkylation sites (N-methyl/N-ethyl adjacent to an activating group) is 1. The van der Waals surface area contributed by atoms with E-state index in [0.29, 0.717) is 34.0 Å². The summed E-state index contributed by atoms with van der Waals surface area (Å²) < 4.78 is 23.2. The first-order valence-electron chi connectivity index (χ1n) is 11.4. The third-order valence-electron chi connectivity index (χ3n) is 5.89. The molecule has 1 aliphatic rings. The highest BCUT2D eigenvalue weighted by molar-refractivity contribution is 7.22. The van der Waals surface area contributed by atoms with Crippen LogP contribution in [0.1, 0.15) is 6.92 Å². The van der Waals surface area contributed by atoms with Gasteiger partial charge in [-0.2, -0.15) is 9.97 Å². The minimum atomic E-state index is -0.532. The predicted molar refractivity (Wildman–Crippen MR) is 141 cm³/mol. The summed E-state index contributed by atoms with van der Waals surface area (Å²) in [4.78, 5) is 17.8. The number of anilines is 2. The van der Waals surface area contributed by atoms with Crippen molar-refractivity contribution in [3.8, 4) is 17.1 Å². The summed E-state index contributed by atoms with van der Waals surface area (Å²) in [6.45, 7) is 5.69. The lowest BCUT2D eigenvalue weighted by atomic mass is 10.0. The number of hydrogen-bond donors (Lipinski definition) is 2. The highest BCUT2D eigenvalue weighted by Crippen LogP contribution is 2.42. The monoisotopic (exact) mass is 515 g/mol. The largest absolute Gasteiger partial charge is 0.459 e. The first-order valence-corrected chi connectivity index (χ1v) is 12.6. The summed E-state index contributed by atoms with van der Waals surface area (Å²) in [5.41, 5.74) is 7.53. The lowest BCUT2D eigenvalue weighted by molar-refractivity contribution is 0.164. The normalized spacial score (nSPS) is 15.3. The van der Waals surface area contributed by atoms with Gasteiger partial charge < -0.3 is 25.6 Å². The van der Waals surface area contributed by atoms with Gasteiger partial charge in [0.1, 0.15) is 17.4 Å². The summed E-state index contributed by atoms with van der Waals surface area (Å²) in [7, 11) is 3.93. The number of fused-ring (bicyclic) bond motifs is 2. The molecule has 0 radical (unpaired) electrons. The molecule has 4 aromatic rings. The molecule has 0 spiro atoms. The molecule has 3 heterocycles. The van der Waals surface area contributed by atoms with Crippen LogP contribution in [-0.4, -0.2) is 72.8 Å². The topological polar surface area (TPSA) is 92.4 Å². The molecular formula is C24H27ClFN7OS. The first kappa shape index (κ1) is 23.9. The number of nitrogens with zero attached hydrogens (tertiary/aromatic N) is 5. The molecular weight excluding hydrogens is 489 g/mol. The van der Waals surface area contributed by atoms with Crippen molar-refractivity contribution in [3.63, 3.8) is 0 Å². The van der Waals surface area contributed by atoms with Crippen LogP contribution in [0.4, 0.5) is 15.3 Å². The molecule has 0 bridgehead atoms. The highest BCUT2D eigenvalue weighted by Gasteiger charge is 2.25. The van der Waals surface area contributed by atoms with Crippen molar-refractivity contribution in [3.05, 3.63) is 35.1 Å². The number of aromatic nitrogens is 3. The van der Waals surface area contributed by atoms with E-state index in [1.807, 2.05) is 38.1 Å². The molecule has 0 amide bonds. The van der Waals surface area contributed by atoms with Gasteiger partial charge in [0.15, 0.2) is 10.9 Å². The van der Waals surface area contributed by atoms with Crippen molar-refractivity contribution in [1.29, 1.82) is 0 Å². The number of piperazine rings is 1. The lowest BCUT2D eigenvalue weighted by Crippen LogP contribution is -2.44. The van der Waals surface area contributed by atoms with E-state index in [4.69, 9.17) is 27.1 Å². The van der Waals surface area contributed by atoms with Crippen molar-refractivity contribution in [2.75, 3.05) is 57.5 Å². The van der Waals surface area contributed by atoms with Crippen molar-refractivity contribution in [2.24, 2.45) is 0 Å². The summed E-state index contributed by atoms with van der Waals surface area (Å²) in [6, 6.07) is 7.44. The van der Waals surface area contributed by atoms with E-state index in [2.05, 4.69) is 20.2 Å². The standard InChI is InChI=1S/C24H27ClFN7OS/c1-13(12-32(2)3)34-24-30-21-15(22(31-24)33-9-7-28-8-10-33)11-16(25)18(19(21)26)14-5-4-6-17-20(14)29-23(27)35-17/h4-6,11,13,28H,7-10,12H2,1-3H3,(H2,27,29). The second-order valence-corrected chi connectivity index (χ2v) is 10.4. The van der Waals surface area contributed by atoms with Gasteiger partial charge in [-0.3, -0.25) is 0 Å². The van der Waals surface area contributed by atoms with Crippen LogP contribution in [-0.2, 0) is 0 Å².